The van der Waals surface area contributed by atoms with E-state index in [4.69, 9.17) is 0 Å². The molecule has 0 atom stereocenters. The van der Waals surface area contributed by atoms with Gasteiger partial charge in [-0.15, -0.1) is 0 Å². The normalized spacial score (nSPS) is 31.9. The topological polar surface area (TPSA) is 0 Å². The van der Waals surface area contributed by atoms with Crippen LogP contribution in [0.25, 0.3) is 0 Å². The van der Waals surface area contributed by atoms with E-state index in [9.17, 15) is 0 Å². The largest absolute Gasteiger partial charge is 0.120 e. The highest BCUT2D eigenvalue weighted by molar-refractivity contribution is 6.35. The van der Waals surface area contributed by atoms with Gasteiger partial charge in [0.2, 0.25) is 0 Å². The average Bonchev–Trinajstić information content (AvgIpc) is 2.27. The zero-order valence-electron chi connectivity index (χ0n) is 11.3. The van der Waals surface area contributed by atoms with E-state index in [1.54, 1.807) is 0 Å². The van der Waals surface area contributed by atoms with Gasteiger partial charge < -0.3 is 0 Å². The molecular formula is C14H29B. The zero-order valence-corrected chi connectivity index (χ0v) is 11.3. The van der Waals surface area contributed by atoms with Gasteiger partial charge in [-0.25, -0.2) is 0 Å². The second-order valence-electron chi connectivity index (χ2n) is 6.14. The SMILES string of the molecule is CBC1CCC(CC)(CCC(C)C)CC1. The number of rotatable bonds is 5. The molecular weight excluding hydrogens is 179 g/mol. The first kappa shape index (κ1) is 13.1. The summed E-state index contributed by atoms with van der Waals surface area (Å²) < 4.78 is 0. The van der Waals surface area contributed by atoms with Gasteiger partial charge in [0.05, 0.1) is 0 Å². The van der Waals surface area contributed by atoms with Crippen LogP contribution in [0.2, 0.25) is 12.6 Å². The highest BCUT2D eigenvalue weighted by Crippen LogP contribution is 2.46. The van der Waals surface area contributed by atoms with E-state index in [2.05, 4.69) is 27.6 Å². The van der Waals surface area contributed by atoms with Crippen LogP contribution in [0.4, 0.5) is 0 Å². The van der Waals surface area contributed by atoms with Crippen molar-refractivity contribution >= 4 is 7.28 Å². The van der Waals surface area contributed by atoms with Crippen LogP contribution in [0.5, 0.6) is 0 Å². The molecule has 88 valence electrons. The van der Waals surface area contributed by atoms with Crippen LogP contribution >= 0.6 is 0 Å². The molecule has 0 spiro atoms. The third-order valence-corrected chi connectivity index (χ3v) is 4.75. The van der Waals surface area contributed by atoms with E-state index < -0.39 is 0 Å². The standard InChI is InChI=1S/C14H29B/c1-5-14(9-6-12(2)3)10-7-13(15-4)8-11-14/h12-13,15H,5-11H2,1-4H3. The van der Waals surface area contributed by atoms with Crippen molar-refractivity contribution in [2.75, 3.05) is 0 Å². The van der Waals surface area contributed by atoms with E-state index in [0.717, 1.165) is 17.2 Å². The predicted octanol–water partition coefficient (Wildman–Crippen LogP) is 4.67. The molecule has 1 saturated carbocycles. The van der Waals surface area contributed by atoms with Crippen molar-refractivity contribution in [2.24, 2.45) is 11.3 Å². The molecule has 1 aliphatic rings. The van der Waals surface area contributed by atoms with Crippen LogP contribution in [0.3, 0.4) is 0 Å². The summed E-state index contributed by atoms with van der Waals surface area (Å²) in [6, 6.07) is 0. The summed E-state index contributed by atoms with van der Waals surface area (Å²) in [5.41, 5.74) is 0.732. The summed E-state index contributed by atoms with van der Waals surface area (Å²) in [7, 11) is 1.41. The van der Waals surface area contributed by atoms with Crippen molar-refractivity contribution in [3.8, 4) is 0 Å². The van der Waals surface area contributed by atoms with Gasteiger partial charge in [0, 0.05) is 0 Å². The van der Waals surface area contributed by atoms with Crippen molar-refractivity contribution in [3.63, 3.8) is 0 Å². The quantitative estimate of drug-likeness (QED) is 0.576. The zero-order chi connectivity index (χ0) is 11.3. The molecule has 1 heteroatoms. The minimum Gasteiger partial charge on any atom is -0.0891 e. The maximum Gasteiger partial charge on any atom is 0.120 e. The van der Waals surface area contributed by atoms with E-state index >= 15 is 0 Å². The molecule has 0 nitrogen and oxygen atoms in total. The molecule has 0 heterocycles. The lowest BCUT2D eigenvalue weighted by Crippen LogP contribution is -2.26. The second-order valence-corrected chi connectivity index (χ2v) is 6.14. The average molecular weight is 208 g/mol. The first-order chi connectivity index (χ1) is 7.12. The third kappa shape index (κ3) is 3.85. The lowest BCUT2D eigenvalue weighted by Gasteiger charge is -2.40. The van der Waals surface area contributed by atoms with Crippen molar-refractivity contribution in [2.45, 2.75) is 78.4 Å². The Labute approximate surface area is 97.5 Å². The lowest BCUT2D eigenvalue weighted by atomic mass is 9.55. The Kier molecular flexibility index (Phi) is 5.22. The molecule has 0 N–H and O–H groups in total. The van der Waals surface area contributed by atoms with Gasteiger partial charge in [-0.1, -0.05) is 59.1 Å². The predicted molar refractivity (Wildman–Crippen MR) is 72.0 cm³/mol. The van der Waals surface area contributed by atoms with Crippen LogP contribution in [-0.2, 0) is 0 Å². The van der Waals surface area contributed by atoms with Crippen LogP contribution in [0.15, 0.2) is 0 Å². The van der Waals surface area contributed by atoms with E-state index in [0.29, 0.717) is 0 Å². The summed E-state index contributed by atoms with van der Waals surface area (Å²) in [6.45, 7) is 9.49. The van der Waals surface area contributed by atoms with Crippen molar-refractivity contribution in [3.05, 3.63) is 0 Å². The molecule has 0 amide bonds. The van der Waals surface area contributed by atoms with Crippen LogP contribution in [-0.4, -0.2) is 7.28 Å². The first-order valence-electron chi connectivity index (χ1n) is 7.12. The second kappa shape index (κ2) is 5.96. The highest BCUT2D eigenvalue weighted by atomic mass is 14.4. The first-order valence-corrected chi connectivity index (χ1v) is 7.12. The van der Waals surface area contributed by atoms with E-state index in [-0.39, 0.29) is 0 Å². The van der Waals surface area contributed by atoms with Gasteiger partial charge in [0.25, 0.3) is 0 Å². The van der Waals surface area contributed by atoms with Crippen molar-refractivity contribution in [1.29, 1.82) is 0 Å². The molecule has 0 radical (unpaired) electrons. The molecule has 1 fully saturated rings. The monoisotopic (exact) mass is 208 g/mol. The summed E-state index contributed by atoms with van der Waals surface area (Å²) in [5, 5.41) is 0. The Morgan fingerprint density at radius 1 is 1.27 bits per heavy atom. The van der Waals surface area contributed by atoms with Crippen LogP contribution < -0.4 is 0 Å². The van der Waals surface area contributed by atoms with Gasteiger partial charge in [0.1, 0.15) is 7.28 Å². The van der Waals surface area contributed by atoms with Gasteiger partial charge >= 0.3 is 0 Å². The minimum absolute atomic E-state index is 0.732. The molecule has 0 aromatic rings. The molecule has 0 saturated heterocycles. The Hall–Kier alpha value is 0.0649. The molecule has 0 bridgehead atoms. The maximum atomic E-state index is 2.41. The minimum atomic E-state index is 0.732. The van der Waals surface area contributed by atoms with Crippen molar-refractivity contribution in [1.82, 2.24) is 0 Å². The Morgan fingerprint density at radius 3 is 2.27 bits per heavy atom. The fourth-order valence-electron chi connectivity index (χ4n) is 3.07. The summed E-state index contributed by atoms with van der Waals surface area (Å²) in [5.74, 6) is 1.93. The van der Waals surface area contributed by atoms with Gasteiger partial charge in [-0.05, 0) is 30.6 Å². The van der Waals surface area contributed by atoms with Crippen molar-refractivity contribution < 1.29 is 0 Å². The Bertz CT molecular complexity index is 166. The van der Waals surface area contributed by atoms with Crippen LogP contribution in [0.1, 0.15) is 65.7 Å². The number of hydrogen-bond donors (Lipinski definition) is 0. The fraction of sp³-hybridized carbons (Fsp3) is 1.00. The van der Waals surface area contributed by atoms with Gasteiger partial charge in [-0.2, -0.15) is 0 Å². The van der Waals surface area contributed by atoms with Gasteiger partial charge in [0.15, 0.2) is 0 Å². The highest BCUT2D eigenvalue weighted by Gasteiger charge is 2.32. The molecule has 0 aromatic carbocycles. The molecule has 15 heavy (non-hydrogen) atoms. The summed E-state index contributed by atoms with van der Waals surface area (Å²) in [4.78, 5) is 0. The van der Waals surface area contributed by atoms with E-state index in [1.165, 1.54) is 52.2 Å². The Balaban J connectivity index is 2.41. The summed E-state index contributed by atoms with van der Waals surface area (Å²) >= 11 is 0. The van der Waals surface area contributed by atoms with Crippen LogP contribution in [0, 0.1) is 11.3 Å². The van der Waals surface area contributed by atoms with E-state index in [1.807, 2.05) is 0 Å². The third-order valence-electron chi connectivity index (χ3n) is 4.75. The fourth-order valence-corrected chi connectivity index (χ4v) is 3.07. The smallest absolute Gasteiger partial charge is 0.0891 e. The number of hydrogen-bond acceptors (Lipinski definition) is 0. The molecule has 0 aromatic heterocycles. The summed E-state index contributed by atoms with van der Waals surface area (Å²) in [6.07, 6.45) is 10.4. The molecule has 0 unspecified atom stereocenters. The Morgan fingerprint density at radius 2 is 1.87 bits per heavy atom. The van der Waals surface area contributed by atoms with Gasteiger partial charge in [-0.3, -0.25) is 0 Å². The molecule has 1 aliphatic carbocycles. The molecule has 0 aliphatic heterocycles. The molecule has 1 rings (SSSR count). The lowest BCUT2D eigenvalue weighted by molar-refractivity contribution is 0.154. The maximum absolute atomic E-state index is 2.41.